The monoisotopic (exact) mass is 289 g/mol. The molecule has 0 aliphatic carbocycles. The van der Waals surface area contributed by atoms with Gasteiger partial charge in [0.1, 0.15) is 0 Å². The summed E-state index contributed by atoms with van der Waals surface area (Å²) in [7, 11) is 0. The lowest BCUT2D eigenvalue weighted by atomic mass is 9.75. The van der Waals surface area contributed by atoms with E-state index in [9.17, 15) is 9.90 Å². The molecular formula is C16H19NO2S. The average molecular weight is 289 g/mol. The van der Waals surface area contributed by atoms with Crippen molar-refractivity contribution in [2.45, 2.75) is 18.3 Å². The zero-order valence-electron chi connectivity index (χ0n) is 11.3. The largest absolute Gasteiger partial charge is 0.396 e. The minimum atomic E-state index is -0.265. The minimum absolute atomic E-state index is 0.154. The first-order valence-corrected chi connectivity index (χ1v) is 7.59. The molecule has 20 heavy (non-hydrogen) atoms. The molecule has 0 spiro atoms. The number of hydrogen-bond acceptors (Lipinski definition) is 3. The van der Waals surface area contributed by atoms with E-state index in [0.29, 0.717) is 13.0 Å². The lowest BCUT2D eigenvalue weighted by Crippen LogP contribution is -2.38. The third-order valence-electron chi connectivity index (χ3n) is 3.57. The minimum Gasteiger partial charge on any atom is -0.396 e. The Balaban J connectivity index is 2.45. The number of amides is 1. The first kappa shape index (κ1) is 14.8. The van der Waals surface area contributed by atoms with E-state index in [1.807, 2.05) is 29.6 Å². The molecule has 0 saturated carbocycles. The van der Waals surface area contributed by atoms with Gasteiger partial charge < -0.3 is 10.4 Å². The van der Waals surface area contributed by atoms with Gasteiger partial charge in [0.2, 0.25) is 6.41 Å². The molecule has 3 nitrogen and oxygen atoms in total. The van der Waals surface area contributed by atoms with Crippen molar-refractivity contribution >= 4 is 17.7 Å². The molecular weight excluding hydrogens is 270 g/mol. The van der Waals surface area contributed by atoms with Crippen LogP contribution in [0.1, 0.15) is 23.3 Å². The van der Waals surface area contributed by atoms with E-state index < -0.39 is 0 Å². The van der Waals surface area contributed by atoms with Crippen LogP contribution in [-0.4, -0.2) is 24.7 Å². The maximum Gasteiger partial charge on any atom is 0.207 e. The van der Waals surface area contributed by atoms with Gasteiger partial charge in [-0.2, -0.15) is 0 Å². The molecule has 4 heteroatoms. The van der Waals surface area contributed by atoms with Gasteiger partial charge in [0.05, 0.1) is 0 Å². The van der Waals surface area contributed by atoms with Crippen LogP contribution in [0, 0.1) is 0 Å². The summed E-state index contributed by atoms with van der Waals surface area (Å²) in [6.45, 7) is 0.697. The molecule has 1 heterocycles. The zero-order valence-corrected chi connectivity index (χ0v) is 12.1. The SMILES string of the molecule is O=CNCC(CCCO)(c1ccccc1)c1cccs1. The fourth-order valence-corrected chi connectivity index (χ4v) is 3.57. The highest BCUT2D eigenvalue weighted by Crippen LogP contribution is 2.38. The number of aliphatic hydroxyl groups is 1. The molecule has 2 rings (SSSR count). The Morgan fingerprint density at radius 1 is 1.20 bits per heavy atom. The van der Waals surface area contributed by atoms with E-state index in [1.54, 1.807) is 11.3 Å². The second kappa shape index (κ2) is 7.22. The van der Waals surface area contributed by atoms with Gasteiger partial charge in [-0.1, -0.05) is 36.4 Å². The number of carbonyl (C=O) groups excluding carboxylic acids is 1. The van der Waals surface area contributed by atoms with Crippen molar-refractivity contribution in [3.8, 4) is 0 Å². The normalized spacial score (nSPS) is 13.7. The summed E-state index contributed by atoms with van der Waals surface area (Å²) in [5.41, 5.74) is 0.907. The molecule has 1 atom stereocenters. The van der Waals surface area contributed by atoms with Crippen molar-refractivity contribution in [1.29, 1.82) is 0 Å². The Morgan fingerprint density at radius 2 is 2.00 bits per heavy atom. The molecule has 2 aromatic rings. The number of benzene rings is 1. The number of carbonyl (C=O) groups is 1. The van der Waals surface area contributed by atoms with Crippen molar-refractivity contribution in [2.24, 2.45) is 0 Å². The molecule has 2 N–H and O–H groups in total. The molecule has 0 radical (unpaired) electrons. The van der Waals surface area contributed by atoms with Crippen LogP contribution in [0.5, 0.6) is 0 Å². The van der Waals surface area contributed by atoms with Gasteiger partial charge in [-0.15, -0.1) is 11.3 Å². The molecule has 1 aromatic heterocycles. The lowest BCUT2D eigenvalue weighted by Gasteiger charge is -2.33. The molecule has 1 amide bonds. The summed E-state index contributed by atoms with van der Waals surface area (Å²) in [6.07, 6.45) is 2.24. The molecule has 106 valence electrons. The average Bonchev–Trinajstić information content (AvgIpc) is 3.04. The van der Waals surface area contributed by atoms with Crippen LogP contribution < -0.4 is 5.32 Å². The van der Waals surface area contributed by atoms with Crippen molar-refractivity contribution < 1.29 is 9.90 Å². The van der Waals surface area contributed by atoms with E-state index in [1.165, 1.54) is 10.4 Å². The first-order valence-electron chi connectivity index (χ1n) is 6.71. The van der Waals surface area contributed by atoms with Crippen LogP contribution in [-0.2, 0) is 10.2 Å². The van der Waals surface area contributed by atoms with Gasteiger partial charge in [-0.25, -0.2) is 0 Å². The summed E-state index contributed by atoms with van der Waals surface area (Å²) in [6, 6.07) is 14.3. The van der Waals surface area contributed by atoms with E-state index in [4.69, 9.17) is 0 Å². The standard InChI is InChI=1S/C16H19NO2S/c18-10-5-9-16(12-17-13-19,15-8-4-11-20-15)14-6-2-1-3-7-14/h1-4,6-8,11,13,18H,5,9-10,12H2,(H,17,19). The Kier molecular flexibility index (Phi) is 5.32. The molecule has 0 aliphatic rings. The van der Waals surface area contributed by atoms with Gasteiger partial charge in [0, 0.05) is 23.4 Å². The highest BCUT2D eigenvalue weighted by atomic mass is 32.1. The third kappa shape index (κ3) is 3.08. The summed E-state index contributed by atoms with van der Waals surface area (Å²) in [4.78, 5) is 12.0. The van der Waals surface area contributed by atoms with Gasteiger partial charge in [0.25, 0.3) is 0 Å². The Hall–Kier alpha value is -1.65. The summed E-state index contributed by atoms with van der Waals surface area (Å²) < 4.78 is 0. The van der Waals surface area contributed by atoms with Gasteiger partial charge >= 0.3 is 0 Å². The first-order chi connectivity index (χ1) is 9.83. The van der Waals surface area contributed by atoms with Crippen LogP contribution in [0.4, 0.5) is 0 Å². The number of aliphatic hydroxyl groups excluding tert-OH is 1. The number of hydrogen-bond donors (Lipinski definition) is 2. The summed E-state index contributed by atoms with van der Waals surface area (Å²) in [5.74, 6) is 0. The van der Waals surface area contributed by atoms with Crippen molar-refractivity contribution in [1.82, 2.24) is 5.32 Å². The van der Waals surface area contributed by atoms with Crippen LogP contribution in [0.25, 0.3) is 0 Å². The molecule has 1 aromatic carbocycles. The second-order valence-corrected chi connectivity index (χ2v) is 5.70. The zero-order chi connectivity index (χ0) is 14.3. The van der Waals surface area contributed by atoms with Crippen molar-refractivity contribution in [2.75, 3.05) is 13.2 Å². The van der Waals surface area contributed by atoms with Crippen LogP contribution in [0.3, 0.4) is 0 Å². The molecule has 0 bridgehead atoms. The van der Waals surface area contributed by atoms with Gasteiger partial charge in [-0.05, 0) is 29.9 Å². The molecule has 0 fully saturated rings. The van der Waals surface area contributed by atoms with Crippen LogP contribution >= 0.6 is 11.3 Å². The lowest BCUT2D eigenvalue weighted by molar-refractivity contribution is -0.109. The summed E-state index contributed by atoms with van der Waals surface area (Å²) >= 11 is 1.69. The fourth-order valence-electron chi connectivity index (χ4n) is 2.59. The Bertz CT molecular complexity index is 513. The van der Waals surface area contributed by atoms with E-state index in [-0.39, 0.29) is 12.0 Å². The van der Waals surface area contributed by atoms with Gasteiger partial charge in [0.15, 0.2) is 0 Å². The molecule has 0 saturated heterocycles. The quantitative estimate of drug-likeness (QED) is 0.734. The Labute approximate surface area is 123 Å². The predicted molar refractivity (Wildman–Crippen MR) is 81.9 cm³/mol. The maximum absolute atomic E-state index is 10.8. The van der Waals surface area contributed by atoms with E-state index >= 15 is 0 Å². The Morgan fingerprint density at radius 3 is 2.60 bits per heavy atom. The smallest absolute Gasteiger partial charge is 0.207 e. The maximum atomic E-state index is 10.8. The molecule has 1 unspecified atom stereocenters. The predicted octanol–water partition coefficient (Wildman–Crippen LogP) is 2.55. The highest BCUT2D eigenvalue weighted by molar-refractivity contribution is 7.10. The van der Waals surface area contributed by atoms with E-state index in [0.717, 1.165) is 12.8 Å². The van der Waals surface area contributed by atoms with Crippen molar-refractivity contribution in [3.05, 3.63) is 58.3 Å². The van der Waals surface area contributed by atoms with Crippen LogP contribution in [0.2, 0.25) is 0 Å². The van der Waals surface area contributed by atoms with Crippen LogP contribution in [0.15, 0.2) is 47.8 Å². The second-order valence-electron chi connectivity index (χ2n) is 4.75. The number of nitrogens with one attached hydrogen (secondary N) is 1. The topological polar surface area (TPSA) is 49.3 Å². The summed E-state index contributed by atoms with van der Waals surface area (Å²) in [5, 5.41) is 14.1. The van der Waals surface area contributed by atoms with Crippen molar-refractivity contribution in [3.63, 3.8) is 0 Å². The van der Waals surface area contributed by atoms with E-state index in [2.05, 4.69) is 23.5 Å². The number of rotatable bonds is 8. The number of thiophene rings is 1. The highest BCUT2D eigenvalue weighted by Gasteiger charge is 2.34. The molecule has 0 aliphatic heterocycles. The fraction of sp³-hybridized carbons (Fsp3) is 0.312. The van der Waals surface area contributed by atoms with Gasteiger partial charge in [-0.3, -0.25) is 4.79 Å². The third-order valence-corrected chi connectivity index (χ3v) is 4.64.